The fraction of sp³-hybridized carbons (Fsp3) is 0.294. The van der Waals surface area contributed by atoms with Crippen LogP contribution in [0.4, 0.5) is 0 Å². The Morgan fingerprint density at radius 1 is 1.29 bits per heavy atom. The second-order valence-corrected chi connectivity index (χ2v) is 7.79. The third kappa shape index (κ3) is 4.61. The molecular weight excluding hydrogens is 388 g/mol. The average molecular weight is 406 g/mol. The normalized spacial score (nSPS) is 17.2. The van der Waals surface area contributed by atoms with E-state index in [1.54, 1.807) is 24.3 Å². The van der Waals surface area contributed by atoms with Crippen LogP contribution in [-0.4, -0.2) is 55.3 Å². The number of carboxylic acids is 1. The maximum atomic E-state index is 12.7. The number of oxime groups is 1. The van der Waals surface area contributed by atoms with Crippen LogP contribution >= 0.6 is 0 Å². The van der Waals surface area contributed by atoms with E-state index in [4.69, 9.17) is 4.84 Å². The second-order valence-electron chi connectivity index (χ2n) is 6.10. The van der Waals surface area contributed by atoms with Gasteiger partial charge in [0.1, 0.15) is 17.0 Å². The molecule has 0 saturated heterocycles. The lowest BCUT2D eigenvalue weighted by molar-refractivity contribution is -0.138. The van der Waals surface area contributed by atoms with E-state index in [0.717, 1.165) is 0 Å². The number of hydrogen-bond acceptors (Lipinski definition) is 7. The van der Waals surface area contributed by atoms with Gasteiger partial charge in [0.2, 0.25) is 15.9 Å². The first kappa shape index (κ1) is 19.7. The first-order valence-electron chi connectivity index (χ1n) is 8.40. The van der Waals surface area contributed by atoms with Gasteiger partial charge < -0.3 is 15.3 Å². The van der Waals surface area contributed by atoms with E-state index in [9.17, 15) is 23.1 Å². The fourth-order valence-electron chi connectivity index (χ4n) is 2.67. The summed E-state index contributed by atoms with van der Waals surface area (Å²) in [6, 6.07) is 6.40. The molecule has 3 rings (SSSR count). The molecule has 2 aromatic rings. The van der Waals surface area contributed by atoms with Crippen LogP contribution in [0.15, 0.2) is 46.6 Å². The smallest absolute Gasteiger partial charge is 0.323 e. The Kier molecular flexibility index (Phi) is 5.85. The Balaban J connectivity index is 1.70. The summed E-state index contributed by atoms with van der Waals surface area (Å²) in [5, 5.41) is 15.9. The number of aromatic nitrogens is 1. The molecule has 0 spiro atoms. The zero-order valence-corrected chi connectivity index (χ0v) is 15.4. The SMILES string of the molecule is O=C(C[C@H]1CC=NO1)NC[C@H](NS(=O)(=O)c1cccc2cccnc12)C(=O)O. The van der Waals surface area contributed by atoms with Crippen LogP contribution in [-0.2, 0) is 24.4 Å². The number of aliphatic carboxylic acids is 1. The van der Waals surface area contributed by atoms with Crippen LogP contribution in [0, 0.1) is 0 Å². The molecule has 1 amide bonds. The number of carbonyl (C=O) groups is 2. The minimum atomic E-state index is -4.19. The molecule has 0 unspecified atom stereocenters. The van der Waals surface area contributed by atoms with Crippen molar-refractivity contribution in [3.63, 3.8) is 0 Å². The molecule has 0 aliphatic carbocycles. The van der Waals surface area contributed by atoms with Gasteiger partial charge in [0.05, 0.1) is 11.9 Å². The number of sulfonamides is 1. The zero-order chi connectivity index (χ0) is 20.1. The first-order chi connectivity index (χ1) is 13.4. The van der Waals surface area contributed by atoms with Crippen LogP contribution in [0.3, 0.4) is 0 Å². The van der Waals surface area contributed by atoms with Crippen molar-refractivity contribution >= 4 is 39.0 Å². The maximum Gasteiger partial charge on any atom is 0.323 e. The number of benzene rings is 1. The van der Waals surface area contributed by atoms with Gasteiger partial charge in [-0.3, -0.25) is 14.6 Å². The number of carboxylic acid groups (broad SMARTS) is 1. The highest BCUT2D eigenvalue weighted by atomic mass is 32.2. The minimum Gasteiger partial charge on any atom is -0.480 e. The second kappa shape index (κ2) is 8.31. The summed E-state index contributed by atoms with van der Waals surface area (Å²) in [5.41, 5.74) is 0.226. The van der Waals surface area contributed by atoms with Gasteiger partial charge in [0.15, 0.2) is 0 Å². The molecule has 11 heteroatoms. The van der Waals surface area contributed by atoms with E-state index < -0.39 is 40.6 Å². The lowest BCUT2D eigenvalue weighted by Gasteiger charge is -2.17. The summed E-state index contributed by atoms with van der Waals surface area (Å²) in [6.45, 7) is -0.417. The highest BCUT2D eigenvalue weighted by Gasteiger charge is 2.28. The highest BCUT2D eigenvalue weighted by Crippen LogP contribution is 2.20. The summed E-state index contributed by atoms with van der Waals surface area (Å²) >= 11 is 0. The van der Waals surface area contributed by atoms with E-state index in [-0.39, 0.29) is 16.8 Å². The lowest BCUT2D eigenvalue weighted by atomic mass is 10.2. The van der Waals surface area contributed by atoms with Crippen molar-refractivity contribution in [3.05, 3.63) is 36.5 Å². The van der Waals surface area contributed by atoms with Crippen LogP contribution in [0.25, 0.3) is 10.9 Å². The first-order valence-corrected chi connectivity index (χ1v) is 9.88. The number of pyridine rings is 1. The minimum absolute atomic E-state index is 0.00761. The van der Waals surface area contributed by atoms with Crippen LogP contribution in [0.5, 0.6) is 0 Å². The van der Waals surface area contributed by atoms with Crippen molar-refractivity contribution in [2.24, 2.45) is 5.16 Å². The van der Waals surface area contributed by atoms with Crippen molar-refractivity contribution in [2.45, 2.75) is 29.9 Å². The van der Waals surface area contributed by atoms with Crippen LogP contribution in [0.1, 0.15) is 12.8 Å². The van der Waals surface area contributed by atoms with E-state index in [0.29, 0.717) is 11.8 Å². The number of nitrogens with one attached hydrogen (secondary N) is 2. The van der Waals surface area contributed by atoms with Crippen LogP contribution < -0.4 is 10.0 Å². The third-order valence-corrected chi connectivity index (χ3v) is 5.55. The summed E-state index contributed by atoms with van der Waals surface area (Å²) in [7, 11) is -4.19. The van der Waals surface area contributed by atoms with Gasteiger partial charge in [-0.1, -0.05) is 23.4 Å². The Bertz CT molecular complexity index is 1010. The Morgan fingerprint density at radius 2 is 2.07 bits per heavy atom. The molecule has 2 atom stereocenters. The molecule has 0 radical (unpaired) electrons. The quantitative estimate of drug-likeness (QED) is 0.569. The number of rotatable bonds is 8. The van der Waals surface area contributed by atoms with Crippen molar-refractivity contribution in [2.75, 3.05) is 6.54 Å². The van der Waals surface area contributed by atoms with Gasteiger partial charge in [-0.25, -0.2) is 8.42 Å². The maximum absolute atomic E-state index is 12.7. The monoisotopic (exact) mass is 406 g/mol. The predicted molar refractivity (Wildman–Crippen MR) is 99.1 cm³/mol. The number of fused-ring (bicyclic) bond motifs is 1. The summed E-state index contributed by atoms with van der Waals surface area (Å²) in [4.78, 5) is 32.3. The standard InChI is InChI=1S/C17H18N4O6S/c22-15(9-12-6-8-20-27-12)19-10-13(17(23)24)21-28(25,26)14-5-1-3-11-4-2-7-18-16(11)14/h1-5,7-8,12-13,21H,6,9-10H2,(H,19,22)(H,23,24)/t12-,13+/m1/s1. The Labute approximate surface area is 160 Å². The molecule has 28 heavy (non-hydrogen) atoms. The number of para-hydroxylation sites is 1. The Hall–Kier alpha value is -3.05. The van der Waals surface area contributed by atoms with Gasteiger partial charge in [-0.2, -0.15) is 4.72 Å². The van der Waals surface area contributed by atoms with Crippen LogP contribution in [0.2, 0.25) is 0 Å². The molecule has 1 aliphatic heterocycles. The molecule has 3 N–H and O–H groups in total. The number of carbonyl (C=O) groups excluding carboxylic acids is 1. The van der Waals surface area contributed by atoms with Gasteiger partial charge >= 0.3 is 5.97 Å². The summed E-state index contributed by atoms with van der Waals surface area (Å²) in [5.74, 6) is -1.88. The van der Waals surface area contributed by atoms with E-state index in [1.165, 1.54) is 18.5 Å². The Morgan fingerprint density at radius 3 is 2.79 bits per heavy atom. The molecule has 0 bridgehead atoms. The molecule has 0 fully saturated rings. The molecular formula is C17H18N4O6S. The topological polar surface area (TPSA) is 147 Å². The molecule has 148 valence electrons. The molecule has 10 nitrogen and oxygen atoms in total. The average Bonchev–Trinajstić information content (AvgIpc) is 3.17. The molecule has 0 saturated carbocycles. The van der Waals surface area contributed by atoms with Gasteiger partial charge in [0.25, 0.3) is 0 Å². The number of amides is 1. The van der Waals surface area contributed by atoms with E-state index >= 15 is 0 Å². The van der Waals surface area contributed by atoms with Crippen molar-refractivity contribution in [1.82, 2.24) is 15.0 Å². The van der Waals surface area contributed by atoms with Crippen molar-refractivity contribution in [1.29, 1.82) is 0 Å². The third-order valence-electron chi connectivity index (χ3n) is 4.05. The van der Waals surface area contributed by atoms with E-state index in [2.05, 4.69) is 20.2 Å². The number of nitrogens with zero attached hydrogens (tertiary/aromatic N) is 2. The summed E-state index contributed by atoms with van der Waals surface area (Å²) in [6.07, 6.45) is 3.06. The van der Waals surface area contributed by atoms with Gasteiger partial charge in [-0.05, 0) is 12.1 Å². The van der Waals surface area contributed by atoms with Crippen molar-refractivity contribution < 1.29 is 28.0 Å². The van der Waals surface area contributed by atoms with E-state index in [1.807, 2.05) is 0 Å². The molecule has 1 aliphatic rings. The fourth-order valence-corrected chi connectivity index (χ4v) is 4.04. The molecule has 1 aromatic carbocycles. The molecule has 2 heterocycles. The lowest BCUT2D eigenvalue weighted by Crippen LogP contribution is -2.48. The highest BCUT2D eigenvalue weighted by molar-refractivity contribution is 7.89. The summed E-state index contributed by atoms with van der Waals surface area (Å²) < 4.78 is 27.6. The van der Waals surface area contributed by atoms with Crippen molar-refractivity contribution in [3.8, 4) is 0 Å². The van der Waals surface area contributed by atoms with Gasteiger partial charge in [0, 0.05) is 30.8 Å². The predicted octanol–water partition coefficient (Wildman–Crippen LogP) is 0.247. The van der Waals surface area contributed by atoms with Gasteiger partial charge in [-0.15, -0.1) is 0 Å². The largest absolute Gasteiger partial charge is 0.480 e. The molecule has 1 aromatic heterocycles. The number of hydrogen-bond donors (Lipinski definition) is 3. The zero-order valence-electron chi connectivity index (χ0n) is 14.6.